The molecular weight excluding hydrogens is 347 g/mol. The van der Waals surface area contributed by atoms with E-state index < -0.39 is 20.7 Å². The van der Waals surface area contributed by atoms with Crippen molar-refractivity contribution in [3.05, 3.63) is 64.8 Å². The highest BCUT2D eigenvalue weighted by Gasteiger charge is 2.20. The summed E-state index contributed by atoms with van der Waals surface area (Å²) in [6.07, 6.45) is 0. The van der Waals surface area contributed by atoms with Gasteiger partial charge in [-0.25, -0.2) is 17.8 Å². The van der Waals surface area contributed by atoms with Crippen LogP contribution in [0.5, 0.6) is 0 Å². The van der Waals surface area contributed by atoms with Gasteiger partial charge < -0.3 is 0 Å². The largest absolute Gasteiger partial charge is 0.266 e. The Morgan fingerprint density at radius 3 is 2.62 bits per heavy atom. The zero-order valence-electron chi connectivity index (χ0n) is 13.1. The standard InChI is InChI=1S/C17H15FN2O2S2/c1-11-7-8-12(2)13(9-11)15-10-23-17(19-15)20-24(21,22)16-6-4-3-5-14(16)18/h3-10H,1-2H3,(H,19,20). The summed E-state index contributed by atoms with van der Waals surface area (Å²) < 4.78 is 40.7. The Morgan fingerprint density at radius 2 is 1.88 bits per heavy atom. The molecule has 0 bridgehead atoms. The Morgan fingerprint density at radius 1 is 1.12 bits per heavy atom. The van der Waals surface area contributed by atoms with Crippen molar-refractivity contribution >= 4 is 26.5 Å². The fourth-order valence-electron chi connectivity index (χ4n) is 2.29. The number of aromatic nitrogens is 1. The molecule has 0 spiro atoms. The number of halogens is 1. The second kappa shape index (κ2) is 6.33. The first-order valence-corrected chi connectivity index (χ1v) is 9.53. The van der Waals surface area contributed by atoms with Crippen molar-refractivity contribution in [2.24, 2.45) is 0 Å². The molecule has 3 rings (SSSR count). The number of benzene rings is 2. The Kier molecular flexibility index (Phi) is 4.38. The molecule has 0 fully saturated rings. The summed E-state index contributed by atoms with van der Waals surface area (Å²) in [6.45, 7) is 3.95. The molecule has 7 heteroatoms. The van der Waals surface area contributed by atoms with E-state index in [9.17, 15) is 12.8 Å². The highest BCUT2D eigenvalue weighted by molar-refractivity contribution is 7.93. The third-order valence-electron chi connectivity index (χ3n) is 3.52. The van der Waals surface area contributed by atoms with Gasteiger partial charge in [0.05, 0.1) is 5.69 Å². The lowest BCUT2D eigenvalue weighted by molar-refractivity contribution is 0.570. The van der Waals surface area contributed by atoms with E-state index in [1.54, 1.807) is 5.38 Å². The van der Waals surface area contributed by atoms with Crippen LogP contribution in [0.4, 0.5) is 9.52 Å². The van der Waals surface area contributed by atoms with Crippen molar-refractivity contribution in [2.45, 2.75) is 18.7 Å². The van der Waals surface area contributed by atoms with Crippen molar-refractivity contribution in [1.29, 1.82) is 0 Å². The molecule has 0 aliphatic heterocycles. The zero-order valence-corrected chi connectivity index (χ0v) is 14.7. The lowest BCUT2D eigenvalue weighted by atomic mass is 10.0. The SMILES string of the molecule is Cc1ccc(C)c(-c2csc(NS(=O)(=O)c3ccccc3F)n2)c1. The van der Waals surface area contributed by atoms with E-state index in [2.05, 4.69) is 9.71 Å². The summed E-state index contributed by atoms with van der Waals surface area (Å²) in [5.41, 5.74) is 3.78. The Bertz CT molecular complexity index is 997. The first kappa shape index (κ1) is 16.6. The Hall–Kier alpha value is -2.25. The fraction of sp³-hybridized carbons (Fsp3) is 0.118. The van der Waals surface area contributed by atoms with Crippen LogP contribution in [0.1, 0.15) is 11.1 Å². The van der Waals surface area contributed by atoms with Gasteiger partial charge in [-0.1, -0.05) is 29.8 Å². The van der Waals surface area contributed by atoms with E-state index in [0.717, 1.165) is 34.1 Å². The van der Waals surface area contributed by atoms with Crippen LogP contribution in [0.3, 0.4) is 0 Å². The topological polar surface area (TPSA) is 59.1 Å². The molecule has 0 amide bonds. The highest BCUT2D eigenvalue weighted by atomic mass is 32.2. The van der Waals surface area contributed by atoms with Gasteiger partial charge in [0.15, 0.2) is 5.13 Å². The smallest absolute Gasteiger partial charge is 0.255 e. The molecular formula is C17H15FN2O2S2. The molecule has 1 N–H and O–H groups in total. The molecule has 0 saturated carbocycles. The predicted octanol–water partition coefficient (Wildman–Crippen LogP) is 4.37. The lowest BCUT2D eigenvalue weighted by Gasteiger charge is -2.06. The Labute approximate surface area is 144 Å². The predicted molar refractivity (Wildman–Crippen MR) is 94.2 cm³/mol. The van der Waals surface area contributed by atoms with Gasteiger partial charge in [-0.3, -0.25) is 4.72 Å². The van der Waals surface area contributed by atoms with Gasteiger partial charge in [0.25, 0.3) is 10.0 Å². The monoisotopic (exact) mass is 362 g/mol. The van der Waals surface area contributed by atoms with Crippen molar-refractivity contribution in [2.75, 3.05) is 4.72 Å². The average Bonchev–Trinajstić information content (AvgIpc) is 2.97. The van der Waals surface area contributed by atoms with Crippen molar-refractivity contribution < 1.29 is 12.8 Å². The molecule has 1 heterocycles. The summed E-state index contributed by atoms with van der Waals surface area (Å²) >= 11 is 1.16. The van der Waals surface area contributed by atoms with Gasteiger partial charge in [0.1, 0.15) is 10.7 Å². The molecule has 0 atom stereocenters. The molecule has 0 radical (unpaired) electrons. The summed E-state index contributed by atoms with van der Waals surface area (Å²) in [5.74, 6) is -0.795. The van der Waals surface area contributed by atoms with Crippen LogP contribution >= 0.6 is 11.3 Å². The number of sulfonamides is 1. The second-order valence-electron chi connectivity index (χ2n) is 5.39. The van der Waals surface area contributed by atoms with Crippen LogP contribution in [0, 0.1) is 19.7 Å². The summed E-state index contributed by atoms with van der Waals surface area (Å²) in [6, 6.07) is 11.2. The minimum atomic E-state index is -4.01. The zero-order chi connectivity index (χ0) is 17.3. The molecule has 24 heavy (non-hydrogen) atoms. The van der Waals surface area contributed by atoms with Gasteiger partial charge in [-0.15, -0.1) is 11.3 Å². The summed E-state index contributed by atoms with van der Waals surface area (Å²) in [5, 5.41) is 1.98. The summed E-state index contributed by atoms with van der Waals surface area (Å²) in [7, 11) is -4.01. The number of hydrogen-bond donors (Lipinski definition) is 1. The maximum Gasteiger partial charge on any atom is 0.266 e. The number of hydrogen-bond acceptors (Lipinski definition) is 4. The lowest BCUT2D eigenvalue weighted by Crippen LogP contribution is -2.14. The number of nitrogens with one attached hydrogen (secondary N) is 1. The van der Waals surface area contributed by atoms with Crippen LogP contribution < -0.4 is 4.72 Å². The van der Waals surface area contributed by atoms with E-state index in [1.165, 1.54) is 18.2 Å². The maximum atomic E-state index is 13.7. The van der Waals surface area contributed by atoms with Gasteiger partial charge in [0.2, 0.25) is 0 Å². The van der Waals surface area contributed by atoms with Gasteiger partial charge >= 0.3 is 0 Å². The molecule has 0 saturated heterocycles. The van der Waals surface area contributed by atoms with E-state index >= 15 is 0 Å². The van der Waals surface area contributed by atoms with Crippen molar-refractivity contribution in [3.63, 3.8) is 0 Å². The average molecular weight is 362 g/mol. The van der Waals surface area contributed by atoms with Crippen LogP contribution in [0.2, 0.25) is 0 Å². The van der Waals surface area contributed by atoms with E-state index in [-0.39, 0.29) is 5.13 Å². The third-order valence-corrected chi connectivity index (χ3v) is 5.78. The van der Waals surface area contributed by atoms with Crippen LogP contribution in [0.15, 0.2) is 52.7 Å². The number of thiazole rings is 1. The molecule has 0 aliphatic rings. The highest BCUT2D eigenvalue weighted by Crippen LogP contribution is 2.29. The molecule has 4 nitrogen and oxygen atoms in total. The number of rotatable bonds is 4. The third kappa shape index (κ3) is 3.32. The number of nitrogens with zero attached hydrogens (tertiary/aromatic N) is 1. The number of aryl methyl sites for hydroxylation is 2. The van der Waals surface area contributed by atoms with Crippen molar-refractivity contribution in [3.8, 4) is 11.3 Å². The Balaban J connectivity index is 1.92. The van der Waals surface area contributed by atoms with Crippen LogP contribution in [-0.2, 0) is 10.0 Å². The van der Waals surface area contributed by atoms with Crippen molar-refractivity contribution in [1.82, 2.24) is 4.98 Å². The van der Waals surface area contributed by atoms with E-state index in [0.29, 0.717) is 5.69 Å². The molecule has 1 aromatic heterocycles. The fourth-order valence-corrected chi connectivity index (χ4v) is 4.33. The van der Waals surface area contributed by atoms with Crippen LogP contribution in [-0.4, -0.2) is 13.4 Å². The normalized spacial score (nSPS) is 11.5. The van der Waals surface area contributed by atoms with Gasteiger partial charge in [0, 0.05) is 10.9 Å². The minimum absolute atomic E-state index is 0.203. The van der Waals surface area contributed by atoms with E-state index in [1.807, 2.05) is 32.0 Å². The molecule has 3 aromatic rings. The van der Waals surface area contributed by atoms with Gasteiger partial charge in [-0.2, -0.15) is 0 Å². The minimum Gasteiger partial charge on any atom is -0.255 e. The first-order valence-electron chi connectivity index (χ1n) is 7.17. The molecule has 0 unspecified atom stereocenters. The maximum absolute atomic E-state index is 13.7. The summed E-state index contributed by atoms with van der Waals surface area (Å²) in [4.78, 5) is 3.93. The van der Waals surface area contributed by atoms with E-state index in [4.69, 9.17) is 0 Å². The number of anilines is 1. The quantitative estimate of drug-likeness (QED) is 0.750. The molecule has 0 aliphatic carbocycles. The molecule has 2 aromatic carbocycles. The first-order chi connectivity index (χ1) is 11.4. The second-order valence-corrected chi connectivity index (χ2v) is 7.90. The molecule has 124 valence electrons. The van der Waals surface area contributed by atoms with Gasteiger partial charge in [-0.05, 0) is 37.6 Å². The van der Waals surface area contributed by atoms with Crippen LogP contribution in [0.25, 0.3) is 11.3 Å².